The summed E-state index contributed by atoms with van der Waals surface area (Å²) in [5.74, 6) is -2.94. The second kappa shape index (κ2) is 27.2. The first-order valence-corrected chi connectivity index (χ1v) is 28.8. The summed E-state index contributed by atoms with van der Waals surface area (Å²) in [6.45, 7) is 3.59. The Balaban J connectivity index is 0.000000184. The number of halogens is 6. The molecule has 2 aliphatic rings. The number of thiol groups is 1. The number of aliphatic carboxylic acids is 2. The highest BCUT2D eigenvalue weighted by Gasteiger charge is 2.33. The zero-order chi connectivity index (χ0) is 54.5. The Hall–Kier alpha value is -4.99. The number of aromatic nitrogens is 1. The van der Waals surface area contributed by atoms with Crippen LogP contribution in [0.1, 0.15) is 34.1 Å². The number of ether oxygens (including phenoxy) is 1. The van der Waals surface area contributed by atoms with Crippen LogP contribution in [0.15, 0.2) is 157 Å². The number of carboxylic acid groups (broad SMARTS) is 2. The molecule has 2 aliphatic heterocycles. The summed E-state index contributed by atoms with van der Waals surface area (Å²) < 4.78 is 68.1. The molecular weight excluding hydrogens is 1160 g/mol. The van der Waals surface area contributed by atoms with Crippen molar-refractivity contribution in [2.24, 2.45) is 0 Å². The van der Waals surface area contributed by atoms with Gasteiger partial charge in [-0.25, -0.2) is 21.2 Å². The Morgan fingerprint density at radius 3 is 1.76 bits per heavy atom. The topological polar surface area (TPSA) is 191 Å². The van der Waals surface area contributed by atoms with Gasteiger partial charge in [-0.15, -0.1) is 36.2 Å². The third-order valence-electron chi connectivity index (χ3n) is 9.99. The minimum Gasteiger partial charge on any atom is -0.481 e. The Morgan fingerprint density at radius 2 is 1.23 bits per heavy atom. The molecule has 0 spiro atoms. The molecule has 12 nitrogen and oxygen atoms in total. The normalized spacial score (nSPS) is 13.2. The van der Waals surface area contributed by atoms with Gasteiger partial charge >= 0.3 is 17.9 Å². The van der Waals surface area contributed by atoms with Crippen LogP contribution in [0.2, 0.25) is 25.1 Å². The number of hydrogen-bond acceptors (Lipinski definition) is 12. The van der Waals surface area contributed by atoms with Gasteiger partial charge in [0.25, 0.3) is 0 Å². The van der Waals surface area contributed by atoms with E-state index < -0.39 is 43.2 Å². The number of nitrogens with zero attached hydrogens (tertiary/aromatic N) is 1. The van der Waals surface area contributed by atoms with E-state index in [1.165, 1.54) is 70.6 Å². The van der Waals surface area contributed by atoms with Crippen LogP contribution in [-0.2, 0) is 45.3 Å². The van der Waals surface area contributed by atoms with Gasteiger partial charge < -0.3 is 19.5 Å². The number of thioether (sulfide) groups is 2. The lowest BCUT2D eigenvalue weighted by Gasteiger charge is -2.07. The first kappa shape index (κ1) is 59.9. The highest BCUT2D eigenvalue weighted by molar-refractivity contribution is 8.00. The van der Waals surface area contributed by atoms with Crippen LogP contribution in [0.3, 0.4) is 0 Å². The van der Waals surface area contributed by atoms with Gasteiger partial charge in [-0.05, 0) is 117 Å². The van der Waals surface area contributed by atoms with Crippen LogP contribution >= 0.6 is 94.2 Å². The summed E-state index contributed by atoms with van der Waals surface area (Å²) in [6, 6.07) is 34.8. The molecular formula is C51H41Cl5FNO11S5. The third kappa shape index (κ3) is 17.0. The van der Waals surface area contributed by atoms with Gasteiger partial charge in [0.2, 0.25) is 9.84 Å². The molecule has 1 aromatic heterocycles. The van der Waals surface area contributed by atoms with Crippen LogP contribution in [0, 0.1) is 12.7 Å². The maximum Gasteiger partial charge on any atom is 0.323 e. The quantitative estimate of drug-likeness (QED) is 0.0666. The van der Waals surface area contributed by atoms with E-state index in [9.17, 15) is 45.5 Å². The zero-order valence-electron chi connectivity index (χ0n) is 38.6. The summed E-state index contributed by atoms with van der Waals surface area (Å²) in [6.07, 6.45) is 0. The van der Waals surface area contributed by atoms with E-state index in [0.717, 1.165) is 25.1 Å². The Kier molecular flexibility index (Phi) is 22.0. The summed E-state index contributed by atoms with van der Waals surface area (Å²) in [4.78, 5) is 46.6. The van der Waals surface area contributed by atoms with Crippen molar-refractivity contribution in [3.63, 3.8) is 0 Å². The molecule has 0 radical (unpaired) electrons. The maximum atomic E-state index is 13.9. The molecule has 6 aromatic carbocycles. The number of sulfone groups is 2. The fourth-order valence-corrected chi connectivity index (χ4v) is 12.8. The third-order valence-corrected chi connectivity index (χ3v) is 16.5. The molecule has 0 fully saturated rings. The molecule has 74 heavy (non-hydrogen) atoms. The number of ketones is 1. The van der Waals surface area contributed by atoms with E-state index in [2.05, 4.69) is 12.6 Å². The number of rotatable bonds is 10. The highest BCUT2D eigenvalue weighted by atomic mass is 35.5. The van der Waals surface area contributed by atoms with E-state index in [-0.39, 0.29) is 39.4 Å². The average Bonchev–Trinajstić information content (AvgIpc) is 3.83. The van der Waals surface area contributed by atoms with Crippen molar-refractivity contribution in [3.05, 3.63) is 186 Å². The molecule has 0 aliphatic carbocycles. The largest absolute Gasteiger partial charge is 0.481 e. The Labute approximate surface area is 465 Å². The number of hydrogen-bond donors (Lipinski definition) is 3. The predicted molar refractivity (Wildman–Crippen MR) is 295 cm³/mol. The number of fused-ring (bicyclic) bond motifs is 3. The van der Waals surface area contributed by atoms with E-state index in [1.807, 2.05) is 42.5 Å². The lowest BCUT2D eigenvalue weighted by Crippen LogP contribution is -2.10. The molecule has 3 heterocycles. The van der Waals surface area contributed by atoms with E-state index in [4.69, 9.17) is 67.8 Å². The van der Waals surface area contributed by atoms with Crippen molar-refractivity contribution < 1.29 is 55.4 Å². The van der Waals surface area contributed by atoms with Gasteiger partial charge in [0.15, 0.2) is 15.6 Å². The van der Waals surface area contributed by atoms with Crippen molar-refractivity contribution >= 4 is 154 Å². The molecule has 7 aromatic rings. The van der Waals surface area contributed by atoms with Gasteiger partial charge in [0, 0.05) is 84.1 Å². The maximum absolute atomic E-state index is 13.9. The fourth-order valence-electron chi connectivity index (χ4n) is 6.95. The van der Waals surface area contributed by atoms with Crippen molar-refractivity contribution in [1.82, 2.24) is 4.57 Å². The van der Waals surface area contributed by atoms with Crippen LogP contribution in [0.25, 0.3) is 16.5 Å². The molecule has 0 bridgehead atoms. The molecule has 0 amide bonds. The van der Waals surface area contributed by atoms with Gasteiger partial charge in [-0.2, -0.15) is 0 Å². The van der Waals surface area contributed by atoms with Crippen molar-refractivity contribution in [2.75, 3.05) is 23.9 Å². The molecule has 23 heteroatoms. The average molecular weight is 1200 g/mol. The van der Waals surface area contributed by atoms with Crippen LogP contribution in [0.4, 0.5) is 4.39 Å². The van der Waals surface area contributed by atoms with Crippen LogP contribution < -0.4 is 0 Å². The van der Waals surface area contributed by atoms with Gasteiger partial charge in [0.05, 0.1) is 27.9 Å². The van der Waals surface area contributed by atoms with Gasteiger partial charge in [-0.1, -0.05) is 82.3 Å². The number of carbonyl (C=O) groups is 4. The minimum absolute atomic E-state index is 0.0602. The van der Waals surface area contributed by atoms with Gasteiger partial charge in [0.1, 0.15) is 18.1 Å². The molecule has 9 rings (SSSR count). The molecule has 0 saturated heterocycles. The zero-order valence-corrected chi connectivity index (χ0v) is 46.5. The van der Waals surface area contributed by atoms with E-state index in [1.54, 1.807) is 56.3 Å². The summed E-state index contributed by atoms with van der Waals surface area (Å²) >= 11 is 35.4. The highest BCUT2D eigenvalue weighted by Crippen LogP contribution is 2.43. The minimum atomic E-state index is -3.70. The number of esters is 1. The molecule has 0 saturated carbocycles. The smallest absolute Gasteiger partial charge is 0.323 e. The number of carboxylic acids is 2. The SMILES string of the molecule is CCOC(=O)CSc1cccc(Cl)c1.Cc1c(C2=CS(=O)(=O)c3cc(Cl)ccc32)c2cc(F)ccc2n1CC(=O)O.O=C(O)CSc1cccc(Cl)c1.O=C1CS(=O)(=O)c2cc(Cl)ccc21.Sc1cccc(Cl)c1. The second-order valence-corrected chi connectivity index (χ2v) is 23.8. The Bertz CT molecular complexity index is 3500. The van der Waals surface area contributed by atoms with E-state index >= 15 is 0 Å². The van der Waals surface area contributed by atoms with Crippen molar-refractivity contribution in [1.29, 1.82) is 0 Å². The van der Waals surface area contributed by atoms with Gasteiger partial charge in [-0.3, -0.25) is 19.2 Å². The lowest BCUT2D eigenvalue weighted by molar-refractivity contribution is -0.140. The monoisotopic (exact) mass is 1200 g/mol. The molecule has 2 N–H and O–H groups in total. The van der Waals surface area contributed by atoms with Crippen molar-refractivity contribution in [3.8, 4) is 0 Å². The standard InChI is InChI=1S/C19H13ClFNO4S.C10H11ClO2S.C8H5ClO3S.C8H7ClO2S.C6H5ClS/c1-10-19(14-7-12(21)3-5-16(14)22(10)8-18(23)24)15-9-27(25,26)17-6-11(20)2-4-13(15)17;1-2-13-10(12)7-14-9-5-3-4-8(11)6-9;9-5-1-2-6-7(10)4-13(11,12)8(6)3-5;9-6-2-1-3-7(4-6)12-5-8(10)11;7-5-2-1-3-6(8)4-5/h2-7,9H,8H2,1H3,(H,23,24);3-6H,2,7H2,1H3;1-3H,4H2;1-4H,5H2,(H,10,11);1-4,8H. The lowest BCUT2D eigenvalue weighted by atomic mass is 9.97. The molecule has 0 atom stereocenters. The second-order valence-electron chi connectivity index (χ2n) is 15.3. The number of carbonyl (C=O) groups excluding carboxylic acids is 2. The number of Topliss-reactive ketones (excluding diaryl/α,β-unsaturated/α-hetero) is 1. The molecule has 388 valence electrons. The summed E-state index contributed by atoms with van der Waals surface area (Å²) in [5, 5.41) is 21.9. The first-order chi connectivity index (χ1) is 34.9. The summed E-state index contributed by atoms with van der Waals surface area (Å²) in [7, 11) is -7.11. The van der Waals surface area contributed by atoms with E-state index in [0.29, 0.717) is 65.7 Å². The first-order valence-electron chi connectivity index (χ1n) is 21.3. The van der Waals surface area contributed by atoms with Crippen molar-refractivity contribution in [2.45, 2.75) is 44.9 Å². The Morgan fingerprint density at radius 1 is 0.689 bits per heavy atom. The predicted octanol–water partition coefficient (Wildman–Crippen LogP) is 13.5. The molecule has 0 unspecified atom stereocenters. The fraction of sp³-hybridized carbons (Fsp3) is 0.137. The van der Waals surface area contributed by atoms with Crippen LogP contribution in [-0.4, -0.2) is 79.2 Å². The summed E-state index contributed by atoms with van der Waals surface area (Å²) in [5.41, 5.74) is 2.68. The number of benzene rings is 6. The van der Waals surface area contributed by atoms with Crippen LogP contribution in [0.5, 0.6) is 0 Å².